The molecule has 116 valence electrons. The van der Waals surface area contributed by atoms with E-state index in [1.807, 2.05) is 30.3 Å². The minimum atomic E-state index is -0.613. The van der Waals surface area contributed by atoms with Crippen LogP contribution in [0.1, 0.15) is 11.3 Å². The highest BCUT2D eigenvalue weighted by atomic mass is 16.6. The van der Waals surface area contributed by atoms with Crippen molar-refractivity contribution in [2.75, 3.05) is 6.61 Å². The Bertz CT molecular complexity index is 778. The Labute approximate surface area is 132 Å². The molecule has 0 bridgehead atoms. The lowest BCUT2D eigenvalue weighted by atomic mass is 10.2. The zero-order chi connectivity index (χ0) is 15.8. The van der Waals surface area contributed by atoms with E-state index in [-0.39, 0.29) is 12.5 Å². The number of nitrogens with zero attached hydrogens (tertiary/aromatic N) is 3. The third-order valence-corrected chi connectivity index (χ3v) is 3.97. The van der Waals surface area contributed by atoms with E-state index in [1.165, 1.54) is 0 Å². The highest BCUT2D eigenvalue weighted by Crippen LogP contribution is 2.24. The molecule has 1 aromatic carbocycles. The van der Waals surface area contributed by atoms with Crippen molar-refractivity contribution in [3.63, 3.8) is 0 Å². The van der Waals surface area contributed by atoms with Crippen molar-refractivity contribution in [1.29, 1.82) is 0 Å². The van der Waals surface area contributed by atoms with Gasteiger partial charge in [0.1, 0.15) is 12.6 Å². The van der Waals surface area contributed by atoms with E-state index in [4.69, 9.17) is 4.74 Å². The number of hydrogen-bond acceptors (Lipinski definition) is 5. The number of benzene rings is 1. The van der Waals surface area contributed by atoms with Gasteiger partial charge in [0.05, 0.1) is 12.2 Å². The molecule has 1 N–H and O–H groups in total. The number of aromatic nitrogens is 2. The molecule has 2 aromatic rings. The van der Waals surface area contributed by atoms with Crippen molar-refractivity contribution in [3.8, 4) is 11.4 Å². The summed E-state index contributed by atoms with van der Waals surface area (Å²) in [5.41, 5.74) is 2.72. The molecule has 1 atom stereocenters. The zero-order valence-corrected chi connectivity index (χ0v) is 12.2. The Morgan fingerprint density at radius 3 is 2.83 bits per heavy atom. The molecule has 1 fully saturated rings. The third kappa shape index (κ3) is 2.50. The number of carbonyl (C=O) groups is 2. The summed E-state index contributed by atoms with van der Waals surface area (Å²) in [5, 5.41) is 2.51. The molecular weight excluding hydrogens is 296 g/mol. The van der Waals surface area contributed by atoms with Crippen molar-refractivity contribution in [2.24, 2.45) is 0 Å². The Hall–Kier alpha value is -2.96. The van der Waals surface area contributed by atoms with Crippen LogP contribution in [0, 0.1) is 0 Å². The topological polar surface area (TPSA) is 84.4 Å². The molecule has 0 saturated carbocycles. The average Bonchev–Trinajstić information content (AvgIpc) is 3.20. The summed E-state index contributed by atoms with van der Waals surface area (Å²) in [6, 6.07) is 9.10. The Morgan fingerprint density at radius 2 is 2.09 bits per heavy atom. The number of cyclic esters (lactones) is 1. The van der Waals surface area contributed by atoms with Crippen molar-refractivity contribution in [3.05, 3.63) is 47.8 Å². The second-order valence-corrected chi connectivity index (χ2v) is 5.52. The van der Waals surface area contributed by atoms with Gasteiger partial charge in [0.15, 0.2) is 5.82 Å². The van der Waals surface area contributed by atoms with Gasteiger partial charge in [-0.1, -0.05) is 30.3 Å². The number of ether oxygens (including phenoxy) is 1. The zero-order valence-electron chi connectivity index (χ0n) is 12.2. The lowest BCUT2D eigenvalue weighted by Crippen LogP contribution is -2.43. The summed E-state index contributed by atoms with van der Waals surface area (Å²) in [4.78, 5) is 34.1. The van der Waals surface area contributed by atoms with Gasteiger partial charge in [-0.3, -0.25) is 4.79 Å². The van der Waals surface area contributed by atoms with E-state index in [0.717, 1.165) is 16.8 Å². The molecule has 0 aliphatic carbocycles. The Balaban J connectivity index is 1.53. The normalized spacial score (nSPS) is 19.2. The van der Waals surface area contributed by atoms with Crippen molar-refractivity contribution >= 4 is 12.0 Å². The first kappa shape index (κ1) is 13.7. The fourth-order valence-corrected chi connectivity index (χ4v) is 2.77. The van der Waals surface area contributed by atoms with Crippen LogP contribution in [-0.4, -0.2) is 39.5 Å². The van der Waals surface area contributed by atoms with E-state index in [0.29, 0.717) is 18.9 Å². The fraction of sp³-hybridized carbons (Fsp3) is 0.250. The molecule has 1 aromatic heterocycles. The summed E-state index contributed by atoms with van der Waals surface area (Å²) in [5.74, 6) is 0.492. The van der Waals surface area contributed by atoms with Gasteiger partial charge in [-0.15, -0.1) is 0 Å². The maximum atomic E-state index is 12.4. The summed E-state index contributed by atoms with van der Waals surface area (Å²) < 4.78 is 4.77. The van der Waals surface area contributed by atoms with Crippen LogP contribution in [-0.2, 0) is 22.6 Å². The van der Waals surface area contributed by atoms with Gasteiger partial charge in [0.2, 0.25) is 5.91 Å². The highest BCUT2D eigenvalue weighted by molar-refractivity contribution is 5.88. The first-order valence-corrected chi connectivity index (χ1v) is 7.33. The monoisotopic (exact) mass is 310 g/mol. The van der Waals surface area contributed by atoms with Crippen LogP contribution in [0.3, 0.4) is 0 Å². The molecule has 2 aliphatic heterocycles. The summed E-state index contributed by atoms with van der Waals surface area (Å²) in [6.45, 7) is 0.948. The number of hydrogen-bond donors (Lipinski definition) is 1. The molecular formula is C16H14N4O3. The molecule has 2 aliphatic rings. The van der Waals surface area contributed by atoms with Crippen molar-refractivity contribution < 1.29 is 14.3 Å². The standard InChI is InChI=1S/C16H14N4O3/c21-15(13-9-23-16(22)19-13)20-7-11-6-17-14(18-12(11)8-20)10-4-2-1-3-5-10/h1-6,13H,7-9H2,(H,19,22)/t13-/m1/s1. The van der Waals surface area contributed by atoms with E-state index in [9.17, 15) is 9.59 Å². The third-order valence-electron chi connectivity index (χ3n) is 3.97. The SMILES string of the molecule is O=C1N[C@@H](C(=O)N2Cc3cnc(-c4ccccc4)nc3C2)CO1. The average molecular weight is 310 g/mol. The number of nitrogens with one attached hydrogen (secondary N) is 1. The molecule has 7 nitrogen and oxygen atoms in total. The van der Waals surface area contributed by atoms with Crippen LogP contribution in [0.15, 0.2) is 36.5 Å². The van der Waals surface area contributed by atoms with Crippen molar-refractivity contribution in [1.82, 2.24) is 20.2 Å². The summed E-state index contributed by atoms with van der Waals surface area (Å²) in [7, 11) is 0. The van der Waals surface area contributed by atoms with Crippen molar-refractivity contribution in [2.45, 2.75) is 19.1 Å². The first-order valence-electron chi connectivity index (χ1n) is 7.33. The van der Waals surface area contributed by atoms with Crippen LogP contribution < -0.4 is 5.32 Å². The maximum Gasteiger partial charge on any atom is 0.407 e. The smallest absolute Gasteiger partial charge is 0.407 e. The van der Waals surface area contributed by atoms with E-state index in [1.54, 1.807) is 11.1 Å². The number of fused-ring (bicyclic) bond motifs is 1. The molecule has 2 amide bonds. The molecule has 0 radical (unpaired) electrons. The van der Waals surface area contributed by atoms with Gasteiger partial charge in [-0.25, -0.2) is 14.8 Å². The highest BCUT2D eigenvalue weighted by Gasteiger charge is 2.35. The van der Waals surface area contributed by atoms with E-state index in [2.05, 4.69) is 15.3 Å². The number of carbonyl (C=O) groups excluding carboxylic acids is 2. The van der Waals surface area contributed by atoms with Crippen LogP contribution in [0.2, 0.25) is 0 Å². The largest absolute Gasteiger partial charge is 0.447 e. The quantitative estimate of drug-likeness (QED) is 0.897. The van der Waals surface area contributed by atoms with Gasteiger partial charge in [0.25, 0.3) is 0 Å². The lowest BCUT2D eigenvalue weighted by molar-refractivity contribution is -0.133. The molecule has 3 heterocycles. The Morgan fingerprint density at radius 1 is 1.26 bits per heavy atom. The first-order chi connectivity index (χ1) is 11.2. The number of alkyl carbamates (subject to hydrolysis) is 1. The Kier molecular flexibility index (Phi) is 3.18. The summed E-state index contributed by atoms with van der Waals surface area (Å²) in [6.07, 6.45) is 1.22. The fourth-order valence-electron chi connectivity index (χ4n) is 2.77. The minimum Gasteiger partial charge on any atom is -0.447 e. The van der Waals surface area contributed by atoms with Crippen LogP contribution in [0.5, 0.6) is 0 Å². The van der Waals surface area contributed by atoms with E-state index < -0.39 is 12.1 Å². The molecule has 0 spiro atoms. The second-order valence-electron chi connectivity index (χ2n) is 5.52. The van der Waals surface area contributed by atoms with Gasteiger partial charge in [0, 0.05) is 23.9 Å². The maximum absolute atomic E-state index is 12.4. The number of amides is 2. The molecule has 0 unspecified atom stereocenters. The van der Waals surface area contributed by atoms with Crippen LogP contribution in [0.25, 0.3) is 11.4 Å². The minimum absolute atomic E-state index is 0.0749. The van der Waals surface area contributed by atoms with Gasteiger partial charge >= 0.3 is 6.09 Å². The van der Waals surface area contributed by atoms with E-state index >= 15 is 0 Å². The molecule has 23 heavy (non-hydrogen) atoms. The van der Waals surface area contributed by atoms with Crippen LogP contribution in [0.4, 0.5) is 4.79 Å². The second kappa shape index (κ2) is 5.35. The molecule has 7 heteroatoms. The summed E-state index contributed by atoms with van der Waals surface area (Å²) >= 11 is 0. The van der Waals surface area contributed by atoms with Gasteiger partial charge in [-0.2, -0.15) is 0 Å². The van der Waals surface area contributed by atoms with Gasteiger partial charge < -0.3 is 15.0 Å². The molecule has 1 saturated heterocycles. The predicted octanol–water partition coefficient (Wildman–Crippen LogP) is 1.09. The van der Waals surface area contributed by atoms with Crippen LogP contribution >= 0.6 is 0 Å². The predicted molar refractivity (Wildman–Crippen MR) is 80.0 cm³/mol. The lowest BCUT2D eigenvalue weighted by Gasteiger charge is -2.17. The number of rotatable bonds is 2. The molecule has 4 rings (SSSR count). The van der Waals surface area contributed by atoms with Gasteiger partial charge in [-0.05, 0) is 0 Å².